The Morgan fingerprint density at radius 2 is 1.82 bits per heavy atom. The van der Waals surface area contributed by atoms with Crippen LogP contribution in [-0.4, -0.2) is 23.4 Å². The van der Waals surface area contributed by atoms with Crippen molar-refractivity contribution in [3.05, 3.63) is 28.8 Å². The first-order valence-corrected chi connectivity index (χ1v) is 8.29. The number of carbonyl (C=O) groups excluding carboxylic acids is 2. The van der Waals surface area contributed by atoms with Gasteiger partial charge < -0.3 is 5.32 Å². The zero-order valence-electron chi connectivity index (χ0n) is 12.5. The Labute approximate surface area is 134 Å². The van der Waals surface area contributed by atoms with E-state index in [4.69, 9.17) is 11.6 Å². The second-order valence-electron chi connectivity index (χ2n) is 6.79. The standard InChI is InChI=1S/C17H19ClN2O2/c1-9-2-5-12(7-13(9)18)19-8-20-16(21)14-10-3-4-11(6-10)15(14)17(20)22/h2,5,7,10-11,14-15,19H,3-4,6,8H2,1H3/t10-,11-,14+,15+/m0/s1. The van der Waals surface area contributed by atoms with Gasteiger partial charge in [-0.25, -0.2) is 0 Å². The van der Waals surface area contributed by atoms with Crippen molar-refractivity contribution in [2.24, 2.45) is 23.7 Å². The van der Waals surface area contributed by atoms with Gasteiger partial charge in [0.2, 0.25) is 11.8 Å². The molecule has 2 amide bonds. The lowest BCUT2D eigenvalue weighted by Gasteiger charge is -2.19. The predicted molar refractivity (Wildman–Crippen MR) is 84.3 cm³/mol. The van der Waals surface area contributed by atoms with E-state index in [0.29, 0.717) is 16.9 Å². The maximum absolute atomic E-state index is 12.6. The van der Waals surface area contributed by atoms with Crippen LogP contribution in [0.1, 0.15) is 24.8 Å². The number of aryl methyl sites for hydroxylation is 1. The zero-order chi connectivity index (χ0) is 15.4. The van der Waals surface area contributed by atoms with Gasteiger partial charge in [0.1, 0.15) is 0 Å². The Bertz CT molecular complexity index is 632. The summed E-state index contributed by atoms with van der Waals surface area (Å²) in [5.41, 5.74) is 1.84. The number of benzene rings is 1. The third kappa shape index (κ3) is 1.97. The molecule has 1 N–H and O–H groups in total. The fraction of sp³-hybridized carbons (Fsp3) is 0.529. The van der Waals surface area contributed by atoms with Crippen molar-refractivity contribution in [1.82, 2.24) is 4.90 Å². The lowest BCUT2D eigenvalue weighted by Crippen LogP contribution is -2.36. The quantitative estimate of drug-likeness (QED) is 0.871. The largest absolute Gasteiger partial charge is 0.367 e. The average molecular weight is 319 g/mol. The number of amides is 2. The van der Waals surface area contributed by atoms with Gasteiger partial charge in [0.05, 0.1) is 18.5 Å². The Balaban J connectivity index is 1.48. The van der Waals surface area contributed by atoms with Gasteiger partial charge in [-0.2, -0.15) is 0 Å². The second kappa shape index (κ2) is 4.98. The molecule has 4 atom stereocenters. The van der Waals surface area contributed by atoms with Crippen LogP contribution in [-0.2, 0) is 9.59 Å². The maximum atomic E-state index is 12.6. The number of likely N-dealkylation sites (tertiary alicyclic amines) is 1. The first-order valence-electron chi connectivity index (χ1n) is 7.91. The fourth-order valence-corrected chi connectivity index (χ4v) is 4.68. The average Bonchev–Trinajstić information content (AvgIpc) is 3.16. The molecule has 0 aromatic heterocycles. The second-order valence-corrected chi connectivity index (χ2v) is 7.20. The minimum Gasteiger partial charge on any atom is -0.367 e. The molecule has 4 nitrogen and oxygen atoms in total. The molecule has 1 aromatic carbocycles. The predicted octanol–water partition coefficient (Wildman–Crippen LogP) is 3.05. The smallest absolute Gasteiger partial charge is 0.234 e. The monoisotopic (exact) mass is 318 g/mol. The van der Waals surface area contributed by atoms with Crippen molar-refractivity contribution in [3.8, 4) is 0 Å². The summed E-state index contributed by atoms with van der Waals surface area (Å²) in [5.74, 6) is 0.820. The Hall–Kier alpha value is -1.55. The molecule has 116 valence electrons. The van der Waals surface area contributed by atoms with Crippen LogP contribution in [0.2, 0.25) is 5.02 Å². The van der Waals surface area contributed by atoms with E-state index in [2.05, 4.69) is 5.32 Å². The van der Waals surface area contributed by atoms with Gasteiger partial charge in [-0.05, 0) is 55.7 Å². The fourth-order valence-electron chi connectivity index (χ4n) is 4.50. The molecular weight excluding hydrogens is 300 g/mol. The number of fused-ring (bicyclic) bond motifs is 5. The van der Waals surface area contributed by atoms with Gasteiger partial charge in [-0.15, -0.1) is 0 Å². The highest BCUT2D eigenvalue weighted by Gasteiger charge is 2.60. The molecule has 5 heteroatoms. The summed E-state index contributed by atoms with van der Waals surface area (Å²) in [6.07, 6.45) is 3.29. The highest BCUT2D eigenvalue weighted by atomic mass is 35.5. The Kier molecular flexibility index (Phi) is 3.19. The molecule has 0 radical (unpaired) electrons. The summed E-state index contributed by atoms with van der Waals surface area (Å²) in [5, 5.41) is 3.83. The van der Waals surface area contributed by atoms with Gasteiger partial charge in [0, 0.05) is 10.7 Å². The van der Waals surface area contributed by atoms with Crippen LogP contribution in [0.4, 0.5) is 5.69 Å². The number of nitrogens with one attached hydrogen (secondary N) is 1. The Morgan fingerprint density at radius 3 is 2.41 bits per heavy atom. The van der Waals surface area contributed by atoms with Gasteiger partial charge in [0.15, 0.2) is 0 Å². The van der Waals surface area contributed by atoms with Crippen molar-refractivity contribution in [2.75, 3.05) is 12.0 Å². The van der Waals surface area contributed by atoms with Crippen LogP contribution < -0.4 is 5.32 Å². The number of anilines is 1. The third-order valence-electron chi connectivity index (χ3n) is 5.63. The molecule has 1 aromatic rings. The summed E-state index contributed by atoms with van der Waals surface area (Å²) < 4.78 is 0. The number of rotatable bonds is 3. The van der Waals surface area contributed by atoms with E-state index >= 15 is 0 Å². The van der Waals surface area contributed by atoms with Gasteiger partial charge >= 0.3 is 0 Å². The van der Waals surface area contributed by atoms with E-state index < -0.39 is 0 Å². The zero-order valence-corrected chi connectivity index (χ0v) is 13.3. The topological polar surface area (TPSA) is 49.4 Å². The number of hydrogen-bond acceptors (Lipinski definition) is 3. The van der Waals surface area contributed by atoms with E-state index in [0.717, 1.165) is 30.5 Å². The number of nitrogens with zero attached hydrogens (tertiary/aromatic N) is 1. The van der Waals surface area contributed by atoms with Crippen LogP contribution in [0.5, 0.6) is 0 Å². The lowest BCUT2D eigenvalue weighted by molar-refractivity contribution is -0.140. The van der Waals surface area contributed by atoms with E-state index in [1.165, 1.54) is 4.90 Å². The van der Waals surface area contributed by atoms with Crippen molar-refractivity contribution in [2.45, 2.75) is 26.2 Å². The minimum atomic E-state index is -0.0466. The van der Waals surface area contributed by atoms with Gasteiger partial charge in [-0.1, -0.05) is 17.7 Å². The molecule has 2 aliphatic carbocycles. The SMILES string of the molecule is Cc1ccc(NCN2C(=O)[C@@H]3[C@H]4CC[C@@H](C4)[C@H]3C2=O)cc1Cl. The van der Waals surface area contributed by atoms with E-state index in [-0.39, 0.29) is 30.3 Å². The van der Waals surface area contributed by atoms with E-state index in [1.54, 1.807) is 0 Å². The Morgan fingerprint density at radius 1 is 1.18 bits per heavy atom. The summed E-state index contributed by atoms with van der Waals surface area (Å²) in [6.45, 7) is 2.18. The molecule has 1 aliphatic heterocycles. The normalized spacial score (nSPS) is 32.7. The molecule has 1 heterocycles. The summed E-state index contributed by atoms with van der Waals surface area (Å²) in [7, 11) is 0. The van der Waals surface area contributed by atoms with Crippen LogP contribution in [0.15, 0.2) is 18.2 Å². The summed E-state index contributed by atoms with van der Waals surface area (Å²) in [4.78, 5) is 26.5. The van der Waals surface area contributed by atoms with Crippen LogP contribution >= 0.6 is 11.6 Å². The molecule has 2 bridgehead atoms. The molecule has 3 aliphatic rings. The highest BCUT2D eigenvalue weighted by molar-refractivity contribution is 6.31. The van der Waals surface area contributed by atoms with Crippen LogP contribution in [0.3, 0.4) is 0 Å². The van der Waals surface area contributed by atoms with Crippen molar-refractivity contribution in [1.29, 1.82) is 0 Å². The molecule has 1 saturated heterocycles. The number of carbonyl (C=O) groups is 2. The van der Waals surface area contributed by atoms with Gasteiger partial charge in [-0.3, -0.25) is 14.5 Å². The lowest BCUT2D eigenvalue weighted by atomic mass is 9.81. The van der Waals surface area contributed by atoms with E-state index in [1.807, 2.05) is 25.1 Å². The first kappa shape index (κ1) is 14.1. The van der Waals surface area contributed by atoms with Crippen LogP contribution in [0, 0.1) is 30.6 Å². The number of imide groups is 1. The summed E-state index contributed by atoms with van der Waals surface area (Å²) >= 11 is 6.10. The van der Waals surface area contributed by atoms with Crippen molar-refractivity contribution >= 4 is 29.1 Å². The number of halogens is 1. The molecule has 3 fully saturated rings. The molecule has 2 saturated carbocycles. The molecule has 0 unspecified atom stereocenters. The minimum absolute atomic E-state index is 0.0212. The van der Waals surface area contributed by atoms with Crippen molar-refractivity contribution < 1.29 is 9.59 Å². The highest BCUT2D eigenvalue weighted by Crippen LogP contribution is 2.56. The third-order valence-corrected chi connectivity index (χ3v) is 6.04. The number of hydrogen-bond donors (Lipinski definition) is 1. The van der Waals surface area contributed by atoms with Crippen molar-refractivity contribution in [3.63, 3.8) is 0 Å². The first-order chi connectivity index (χ1) is 10.6. The molecule has 22 heavy (non-hydrogen) atoms. The van der Waals surface area contributed by atoms with E-state index in [9.17, 15) is 9.59 Å². The molecule has 4 rings (SSSR count). The van der Waals surface area contributed by atoms with Gasteiger partial charge in [0.25, 0.3) is 0 Å². The molecule has 0 spiro atoms. The maximum Gasteiger partial charge on any atom is 0.234 e. The summed E-state index contributed by atoms with van der Waals surface area (Å²) in [6, 6.07) is 5.66. The molecular formula is C17H19ClN2O2. The van der Waals surface area contributed by atoms with Crippen LogP contribution in [0.25, 0.3) is 0 Å².